The van der Waals surface area contributed by atoms with Crippen LogP contribution in [0.5, 0.6) is 5.75 Å². The molecule has 0 bridgehead atoms. The lowest BCUT2D eigenvalue weighted by Gasteiger charge is -2.06. The highest BCUT2D eigenvalue weighted by Gasteiger charge is 2.16. The van der Waals surface area contributed by atoms with Gasteiger partial charge >= 0.3 is 0 Å². The lowest BCUT2D eigenvalue weighted by atomic mass is 10.1. The Labute approximate surface area is 170 Å². The smallest absolute Gasteiger partial charge is 0.276 e. The third kappa shape index (κ3) is 4.42. The standard InChI is InChI=1S/C19H20N4O3S2/c1-10-7-12(5-6-14(10)26-3)17-11(2)28-19(22-17)23-18(25)13-8-16(24)21-15(20-13)9-27-4/h5-8H,9H2,1-4H3,(H,20,21,24)(H,22,23,25). The molecule has 3 rings (SSSR count). The number of anilines is 1. The molecular weight excluding hydrogens is 396 g/mol. The van der Waals surface area contributed by atoms with Crippen LogP contribution >= 0.6 is 23.1 Å². The van der Waals surface area contributed by atoms with Gasteiger partial charge in [0.2, 0.25) is 0 Å². The molecule has 2 N–H and O–H groups in total. The largest absolute Gasteiger partial charge is 0.496 e. The summed E-state index contributed by atoms with van der Waals surface area (Å²) in [7, 11) is 1.64. The van der Waals surface area contributed by atoms with Crippen LogP contribution in [0.15, 0.2) is 29.1 Å². The third-order valence-electron chi connectivity index (χ3n) is 3.99. The molecule has 28 heavy (non-hydrogen) atoms. The summed E-state index contributed by atoms with van der Waals surface area (Å²) in [5.74, 6) is 1.34. The monoisotopic (exact) mass is 416 g/mol. The number of hydrogen-bond donors (Lipinski definition) is 2. The minimum atomic E-state index is -0.459. The summed E-state index contributed by atoms with van der Waals surface area (Å²) < 4.78 is 5.30. The molecule has 146 valence electrons. The molecule has 0 unspecified atom stereocenters. The highest BCUT2D eigenvalue weighted by molar-refractivity contribution is 7.97. The van der Waals surface area contributed by atoms with Gasteiger partial charge < -0.3 is 9.72 Å². The van der Waals surface area contributed by atoms with Crippen molar-refractivity contribution in [1.82, 2.24) is 15.0 Å². The first-order valence-electron chi connectivity index (χ1n) is 8.44. The number of ether oxygens (including phenoxy) is 1. The molecule has 0 fully saturated rings. The Morgan fingerprint density at radius 3 is 2.75 bits per heavy atom. The van der Waals surface area contributed by atoms with E-state index in [2.05, 4.69) is 20.3 Å². The van der Waals surface area contributed by atoms with Gasteiger partial charge in [-0.3, -0.25) is 14.9 Å². The van der Waals surface area contributed by atoms with E-state index in [1.807, 2.05) is 38.3 Å². The fraction of sp³-hybridized carbons (Fsp3) is 0.263. The van der Waals surface area contributed by atoms with Crippen LogP contribution in [0.2, 0.25) is 0 Å². The highest BCUT2D eigenvalue weighted by atomic mass is 32.2. The van der Waals surface area contributed by atoms with Crippen LogP contribution < -0.4 is 15.6 Å². The van der Waals surface area contributed by atoms with E-state index in [4.69, 9.17) is 4.74 Å². The van der Waals surface area contributed by atoms with E-state index in [-0.39, 0.29) is 11.3 Å². The minimum Gasteiger partial charge on any atom is -0.496 e. The summed E-state index contributed by atoms with van der Waals surface area (Å²) in [5, 5.41) is 3.20. The van der Waals surface area contributed by atoms with Crippen molar-refractivity contribution in [1.29, 1.82) is 0 Å². The number of carbonyl (C=O) groups is 1. The molecule has 0 spiro atoms. The number of aromatic nitrogens is 3. The van der Waals surface area contributed by atoms with Gasteiger partial charge in [0.15, 0.2) is 5.13 Å². The van der Waals surface area contributed by atoms with Gasteiger partial charge in [0.1, 0.15) is 17.3 Å². The fourth-order valence-electron chi connectivity index (χ4n) is 2.73. The number of hydrogen-bond acceptors (Lipinski definition) is 7. The highest BCUT2D eigenvalue weighted by Crippen LogP contribution is 2.32. The van der Waals surface area contributed by atoms with Crippen LogP contribution in [0, 0.1) is 13.8 Å². The third-order valence-corrected chi connectivity index (χ3v) is 5.44. The zero-order chi connectivity index (χ0) is 20.3. The van der Waals surface area contributed by atoms with Crippen molar-refractivity contribution in [2.24, 2.45) is 0 Å². The number of amides is 1. The van der Waals surface area contributed by atoms with Gasteiger partial charge in [-0.1, -0.05) is 0 Å². The Bertz CT molecular complexity index is 1080. The molecule has 0 aliphatic heterocycles. The van der Waals surface area contributed by atoms with E-state index in [1.54, 1.807) is 7.11 Å². The van der Waals surface area contributed by atoms with E-state index in [9.17, 15) is 9.59 Å². The maximum absolute atomic E-state index is 12.5. The van der Waals surface area contributed by atoms with E-state index >= 15 is 0 Å². The zero-order valence-corrected chi connectivity index (χ0v) is 17.6. The summed E-state index contributed by atoms with van der Waals surface area (Å²) in [6.07, 6.45) is 1.90. The Hall–Kier alpha value is -2.65. The lowest BCUT2D eigenvalue weighted by molar-refractivity contribution is 0.102. The second-order valence-electron chi connectivity index (χ2n) is 6.07. The molecule has 0 aliphatic carbocycles. The Morgan fingerprint density at radius 2 is 2.07 bits per heavy atom. The SMILES string of the molecule is COc1ccc(-c2nc(NC(=O)c3cc(=O)[nH]c(CSC)n3)sc2C)cc1C. The summed E-state index contributed by atoms with van der Waals surface area (Å²) in [6, 6.07) is 7.02. The molecule has 1 aromatic carbocycles. The first kappa shape index (κ1) is 20.1. The van der Waals surface area contributed by atoms with Crippen LogP contribution in [-0.4, -0.2) is 34.2 Å². The quantitative estimate of drug-likeness (QED) is 0.637. The molecule has 0 aliphatic rings. The number of benzene rings is 1. The van der Waals surface area contributed by atoms with E-state index in [0.717, 1.165) is 27.4 Å². The molecule has 7 nitrogen and oxygen atoms in total. The van der Waals surface area contributed by atoms with Gasteiger partial charge in [-0.05, 0) is 43.9 Å². The zero-order valence-electron chi connectivity index (χ0n) is 16.0. The lowest BCUT2D eigenvalue weighted by Crippen LogP contribution is -2.20. The molecule has 1 amide bonds. The summed E-state index contributed by atoms with van der Waals surface area (Å²) in [5.41, 5.74) is 2.47. The number of thioether (sulfide) groups is 1. The molecule has 0 radical (unpaired) electrons. The molecule has 0 saturated heterocycles. The van der Waals surface area contributed by atoms with Crippen molar-refractivity contribution < 1.29 is 9.53 Å². The Balaban J connectivity index is 1.85. The molecule has 2 aromatic heterocycles. The predicted molar refractivity (Wildman–Crippen MR) is 114 cm³/mol. The number of nitrogens with zero attached hydrogens (tertiary/aromatic N) is 2. The molecule has 0 atom stereocenters. The maximum Gasteiger partial charge on any atom is 0.276 e. The second kappa shape index (κ2) is 8.57. The van der Waals surface area contributed by atoms with Gasteiger partial charge in [-0.25, -0.2) is 9.97 Å². The van der Waals surface area contributed by atoms with Crippen LogP contribution in [0.1, 0.15) is 26.8 Å². The van der Waals surface area contributed by atoms with Gasteiger partial charge in [-0.15, -0.1) is 11.3 Å². The molecule has 2 heterocycles. The number of aryl methyl sites for hydroxylation is 2. The summed E-state index contributed by atoms with van der Waals surface area (Å²) in [6.45, 7) is 3.92. The minimum absolute atomic E-state index is 0.0718. The second-order valence-corrected chi connectivity index (χ2v) is 8.14. The van der Waals surface area contributed by atoms with E-state index < -0.39 is 5.91 Å². The van der Waals surface area contributed by atoms with E-state index in [0.29, 0.717) is 16.7 Å². The number of methoxy groups -OCH3 is 1. The van der Waals surface area contributed by atoms with Crippen molar-refractivity contribution in [3.63, 3.8) is 0 Å². The molecular formula is C19H20N4O3S2. The number of aromatic amines is 1. The van der Waals surface area contributed by atoms with Crippen LogP contribution in [0.3, 0.4) is 0 Å². The predicted octanol–water partition coefficient (Wildman–Crippen LogP) is 3.63. The van der Waals surface area contributed by atoms with E-state index in [1.165, 1.54) is 29.2 Å². The van der Waals surface area contributed by atoms with Crippen LogP contribution in [0.4, 0.5) is 5.13 Å². The van der Waals surface area contributed by atoms with Crippen molar-refractivity contribution in [2.75, 3.05) is 18.7 Å². The van der Waals surface area contributed by atoms with Crippen molar-refractivity contribution in [2.45, 2.75) is 19.6 Å². The first-order chi connectivity index (χ1) is 13.4. The average Bonchev–Trinajstić information content (AvgIpc) is 3.01. The van der Waals surface area contributed by atoms with Crippen molar-refractivity contribution in [3.05, 3.63) is 56.6 Å². The van der Waals surface area contributed by atoms with Gasteiger partial charge in [-0.2, -0.15) is 11.8 Å². The number of thiazole rings is 1. The van der Waals surface area contributed by atoms with Gasteiger partial charge in [0.05, 0.1) is 18.6 Å². The van der Waals surface area contributed by atoms with Gasteiger partial charge in [0.25, 0.3) is 11.5 Å². The van der Waals surface area contributed by atoms with Crippen LogP contribution in [-0.2, 0) is 5.75 Å². The summed E-state index contributed by atoms with van der Waals surface area (Å²) in [4.78, 5) is 36.7. The number of nitrogens with one attached hydrogen (secondary N) is 2. The molecule has 9 heteroatoms. The summed E-state index contributed by atoms with van der Waals surface area (Å²) >= 11 is 2.89. The number of H-pyrrole nitrogens is 1. The topological polar surface area (TPSA) is 97.0 Å². The normalized spacial score (nSPS) is 10.7. The maximum atomic E-state index is 12.5. The van der Waals surface area contributed by atoms with Crippen molar-refractivity contribution in [3.8, 4) is 17.0 Å². The molecule has 0 saturated carbocycles. The Kier molecular flexibility index (Phi) is 6.15. The number of rotatable bonds is 6. The van der Waals surface area contributed by atoms with Crippen molar-refractivity contribution >= 4 is 34.1 Å². The average molecular weight is 417 g/mol. The molecule has 3 aromatic rings. The number of carbonyl (C=O) groups excluding carboxylic acids is 1. The first-order valence-corrected chi connectivity index (χ1v) is 10.6. The fourth-order valence-corrected chi connectivity index (χ4v) is 3.98. The van der Waals surface area contributed by atoms with Gasteiger partial charge in [0, 0.05) is 16.5 Å². The van der Waals surface area contributed by atoms with Crippen LogP contribution in [0.25, 0.3) is 11.3 Å². The Morgan fingerprint density at radius 1 is 1.29 bits per heavy atom.